The number of likely N-dealkylation sites (N-methyl/N-ethyl adjacent to an activating group) is 1. The number of hydrogen-bond donors (Lipinski definition) is 1. The SMILES string of the molecule is CCCNC(CC(C)CC)C1CSCCN1C. The van der Waals surface area contributed by atoms with E-state index in [4.69, 9.17) is 0 Å². The molecule has 0 bridgehead atoms. The molecular formula is C14H30N2S. The Kier molecular flexibility index (Phi) is 7.56. The average molecular weight is 258 g/mol. The van der Waals surface area contributed by atoms with E-state index in [0.29, 0.717) is 6.04 Å². The Morgan fingerprint density at radius 3 is 2.76 bits per heavy atom. The molecule has 3 unspecified atom stereocenters. The average Bonchev–Trinajstić information content (AvgIpc) is 2.35. The van der Waals surface area contributed by atoms with Crippen LogP contribution in [0, 0.1) is 5.92 Å². The summed E-state index contributed by atoms with van der Waals surface area (Å²) in [5.74, 6) is 3.44. The normalized spacial score (nSPS) is 25.8. The quantitative estimate of drug-likeness (QED) is 0.756. The monoisotopic (exact) mass is 258 g/mol. The Balaban J connectivity index is 2.53. The van der Waals surface area contributed by atoms with E-state index >= 15 is 0 Å². The summed E-state index contributed by atoms with van der Waals surface area (Å²) in [5, 5.41) is 3.78. The number of hydrogen-bond acceptors (Lipinski definition) is 3. The summed E-state index contributed by atoms with van der Waals surface area (Å²) in [6.45, 7) is 9.36. The summed E-state index contributed by atoms with van der Waals surface area (Å²) < 4.78 is 0. The largest absolute Gasteiger partial charge is 0.312 e. The number of nitrogens with zero attached hydrogens (tertiary/aromatic N) is 1. The molecule has 0 spiro atoms. The van der Waals surface area contributed by atoms with E-state index in [1.54, 1.807) is 0 Å². The van der Waals surface area contributed by atoms with Gasteiger partial charge in [0.25, 0.3) is 0 Å². The number of thioether (sulfide) groups is 1. The molecule has 2 nitrogen and oxygen atoms in total. The van der Waals surface area contributed by atoms with Crippen LogP contribution >= 0.6 is 11.8 Å². The molecule has 1 aliphatic rings. The molecule has 17 heavy (non-hydrogen) atoms. The van der Waals surface area contributed by atoms with Gasteiger partial charge >= 0.3 is 0 Å². The fourth-order valence-corrected chi connectivity index (χ4v) is 3.75. The van der Waals surface area contributed by atoms with Crippen molar-refractivity contribution in [2.24, 2.45) is 5.92 Å². The van der Waals surface area contributed by atoms with Gasteiger partial charge < -0.3 is 10.2 Å². The molecule has 1 saturated heterocycles. The highest BCUT2D eigenvalue weighted by Crippen LogP contribution is 2.22. The zero-order chi connectivity index (χ0) is 12.7. The molecule has 1 fully saturated rings. The van der Waals surface area contributed by atoms with Gasteiger partial charge in [-0.2, -0.15) is 11.8 Å². The molecule has 1 N–H and O–H groups in total. The van der Waals surface area contributed by atoms with Gasteiger partial charge in [0.15, 0.2) is 0 Å². The van der Waals surface area contributed by atoms with E-state index < -0.39 is 0 Å². The highest BCUT2D eigenvalue weighted by molar-refractivity contribution is 7.99. The maximum absolute atomic E-state index is 3.78. The Morgan fingerprint density at radius 2 is 2.18 bits per heavy atom. The standard InChI is InChI=1S/C14H30N2S/c1-5-7-15-13(10-12(3)6-2)14-11-17-9-8-16(14)4/h12-15H,5-11H2,1-4H3. The number of nitrogens with one attached hydrogen (secondary N) is 1. The van der Waals surface area contributed by atoms with Gasteiger partial charge in [0, 0.05) is 30.1 Å². The van der Waals surface area contributed by atoms with E-state index in [2.05, 4.69) is 49.8 Å². The topological polar surface area (TPSA) is 15.3 Å². The fourth-order valence-electron chi connectivity index (χ4n) is 2.44. The van der Waals surface area contributed by atoms with Crippen LogP contribution in [0.15, 0.2) is 0 Å². The van der Waals surface area contributed by atoms with E-state index in [9.17, 15) is 0 Å². The van der Waals surface area contributed by atoms with Crippen molar-refractivity contribution in [2.45, 2.75) is 52.1 Å². The third kappa shape index (κ3) is 5.19. The second-order valence-corrected chi connectivity index (χ2v) is 6.58. The summed E-state index contributed by atoms with van der Waals surface area (Å²) in [7, 11) is 2.29. The summed E-state index contributed by atoms with van der Waals surface area (Å²) in [6, 6.07) is 1.41. The van der Waals surface area contributed by atoms with Gasteiger partial charge in [-0.15, -0.1) is 0 Å². The summed E-state index contributed by atoms with van der Waals surface area (Å²) in [4.78, 5) is 2.56. The van der Waals surface area contributed by atoms with Crippen LogP contribution < -0.4 is 5.32 Å². The lowest BCUT2D eigenvalue weighted by molar-refractivity contribution is 0.195. The maximum atomic E-state index is 3.78. The van der Waals surface area contributed by atoms with Crippen LogP contribution in [0.5, 0.6) is 0 Å². The first-order valence-corrected chi connectivity index (χ1v) is 8.35. The van der Waals surface area contributed by atoms with Crippen LogP contribution in [0.25, 0.3) is 0 Å². The van der Waals surface area contributed by atoms with Crippen LogP contribution in [0.1, 0.15) is 40.0 Å². The maximum Gasteiger partial charge on any atom is 0.0337 e. The van der Waals surface area contributed by atoms with E-state index in [0.717, 1.165) is 18.5 Å². The Labute approximate surface area is 112 Å². The van der Waals surface area contributed by atoms with Crippen LogP contribution in [0.2, 0.25) is 0 Å². The van der Waals surface area contributed by atoms with E-state index in [1.165, 1.54) is 37.3 Å². The molecule has 0 amide bonds. The highest BCUT2D eigenvalue weighted by Gasteiger charge is 2.28. The fraction of sp³-hybridized carbons (Fsp3) is 1.00. The van der Waals surface area contributed by atoms with Gasteiger partial charge in [-0.25, -0.2) is 0 Å². The Bertz CT molecular complexity index is 199. The minimum atomic E-state index is 0.683. The first-order valence-electron chi connectivity index (χ1n) is 7.20. The number of rotatable bonds is 7. The summed E-state index contributed by atoms with van der Waals surface area (Å²) >= 11 is 2.12. The Hall–Kier alpha value is 0.270. The Morgan fingerprint density at radius 1 is 1.41 bits per heavy atom. The molecule has 1 heterocycles. The van der Waals surface area contributed by atoms with Crippen molar-refractivity contribution in [1.29, 1.82) is 0 Å². The zero-order valence-electron chi connectivity index (χ0n) is 12.0. The molecule has 0 aromatic heterocycles. The third-order valence-electron chi connectivity index (χ3n) is 3.92. The molecular weight excluding hydrogens is 228 g/mol. The first kappa shape index (κ1) is 15.3. The minimum absolute atomic E-state index is 0.683. The van der Waals surface area contributed by atoms with Crippen molar-refractivity contribution in [3.63, 3.8) is 0 Å². The molecule has 0 aromatic rings. The molecule has 102 valence electrons. The van der Waals surface area contributed by atoms with Crippen LogP contribution in [-0.4, -0.2) is 48.6 Å². The van der Waals surface area contributed by atoms with Crippen LogP contribution in [-0.2, 0) is 0 Å². The lowest BCUT2D eigenvalue weighted by Crippen LogP contribution is -2.53. The summed E-state index contributed by atoms with van der Waals surface area (Å²) in [5.41, 5.74) is 0. The van der Waals surface area contributed by atoms with E-state index in [-0.39, 0.29) is 0 Å². The molecule has 0 aromatic carbocycles. The van der Waals surface area contributed by atoms with Crippen molar-refractivity contribution in [1.82, 2.24) is 10.2 Å². The molecule has 1 aliphatic heterocycles. The second-order valence-electron chi connectivity index (χ2n) is 5.43. The van der Waals surface area contributed by atoms with Gasteiger partial charge in [-0.3, -0.25) is 0 Å². The van der Waals surface area contributed by atoms with Crippen molar-refractivity contribution < 1.29 is 0 Å². The molecule has 3 heteroatoms. The predicted molar refractivity (Wildman–Crippen MR) is 79.9 cm³/mol. The summed E-state index contributed by atoms with van der Waals surface area (Å²) in [6.07, 6.45) is 3.86. The first-order chi connectivity index (χ1) is 8.19. The zero-order valence-corrected chi connectivity index (χ0v) is 12.9. The van der Waals surface area contributed by atoms with Gasteiger partial charge in [0.2, 0.25) is 0 Å². The van der Waals surface area contributed by atoms with Crippen molar-refractivity contribution in [3.05, 3.63) is 0 Å². The van der Waals surface area contributed by atoms with Crippen molar-refractivity contribution in [3.8, 4) is 0 Å². The molecule has 1 rings (SSSR count). The van der Waals surface area contributed by atoms with Gasteiger partial charge in [-0.05, 0) is 32.4 Å². The third-order valence-corrected chi connectivity index (χ3v) is 4.97. The van der Waals surface area contributed by atoms with Crippen molar-refractivity contribution in [2.75, 3.05) is 31.6 Å². The molecule has 0 aliphatic carbocycles. The molecule has 0 radical (unpaired) electrons. The van der Waals surface area contributed by atoms with Crippen LogP contribution in [0.3, 0.4) is 0 Å². The second kappa shape index (κ2) is 8.39. The van der Waals surface area contributed by atoms with Gasteiger partial charge in [-0.1, -0.05) is 27.2 Å². The lowest BCUT2D eigenvalue weighted by atomic mass is 9.94. The van der Waals surface area contributed by atoms with Crippen LogP contribution in [0.4, 0.5) is 0 Å². The van der Waals surface area contributed by atoms with Gasteiger partial charge in [0.1, 0.15) is 0 Å². The van der Waals surface area contributed by atoms with Gasteiger partial charge in [0.05, 0.1) is 0 Å². The molecule has 3 atom stereocenters. The van der Waals surface area contributed by atoms with E-state index in [1.807, 2.05) is 0 Å². The highest BCUT2D eigenvalue weighted by atomic mass is 32.2. The lowest BCUT2D eigenvalue weighted by Gasteiger charge is -2.39. The smallest absolute Gasteiger partial charge is 0.0337 e. The van der Waals surface area contributed by atoms with Crippen molar-refractivity contribution >= 4 is 11.8 Å². The molecule has 0 saturated carbocycles. The predicted octanol–water partition coefficient (Wildman–Crippen LogP) is 2.84. The minimum Gasteiger partial charge on any atom is -0.312 e.